The Hall–Kier alpha value is -3.28. The van der Waals surface area contributed by atoms with Gasteiger partial charge in [0.05, 0.1) is 12.3 Å². The van der Waals surface area contributed by atoms with Gasteiger partial charge in [-0.3, -0.25) is 0 Å². The number of para-hydroxylation sites is 2. The van der Waals surface area contributed by atoms with Crippen LogP contribution in [0.25, 0.3) is 0 Å². The van der Waals surface area contributed by atoms with Crippen molar-refractivity contribution >= 4 is 11.7 Å². The summed E-state index contributed by atoms with van der Waals surface area (Å²) in [7, 11) is 0. The molecule has 0 radical (unpaired) electrons. The Morgan fingerprint density at radius 2 is 1.93 bits per heavy atom. The van der Waals surface area contributed by atoms with E-state index in [-0.39, 0.29) is 11.9 Å². The highest BCUT2D eigenvalue weighted by Gasteiger charge is 2.30. The molecule has 3 aromatic rings. The topological polar surface area (TPSA) is 59.4 Å². The monoisotopic (exact) mass is 404 g/mol. The van der Waals surface area contributed by atoms with Gasteiger partial charge in [0.25, 0.3) is 0 Å². The maximum atomic E-state index is 12.9. The van der Waals surface area contributed by atoms with Gasteiger partial charge in [0.2, 0.25) is 0 Å². The Balaban J connectivity index is 1.44. The van der Waals surface area contributed by atoms with Gasteiger partial charge in [-0.15, -0.1) is 0 Å². The normalized spacial score (nSPS) is 15.9. The molecule has 2 aromatic carbocycles. The van der Waals surface area contributed by atoms with Gasteiger partial charge < -0.3 is 19.5 Å². The summed E-state index contributed by atoms with van der Waals surface area (Å²) < 4.78 is 7.89. The SMILES string of the molecule is CCOc1ccccc1NC(=O)N1CCC(c2ncc(C)n2Cc2ccccc2)C1. The molecule has 1 unspecified atom stereocenters. The molecule has 2 heterocycles. The van der Waals surface area contributed by atoms with Crippen LogP contribution >= 0.6 is 0 Å². The van der Waals surface area contributed by atoms with Gasteiger partial charge in [0.15, 0.2) is 0 Å². The van der Waals surface area contributed by atoms with Crippen LogP contribution in [0.4, 0.5) is 10.5 Å². The highest BCUT2D eigenvalue weighted by Crippen LogP contribution is 2.29. The molecule has 1 atom stereocenters. The van der Waals surface area contributed by atoms with Crippen molar-refractivity contribution in [3.05, 3.63) is 77.9 Å². The number of aryl methyl sites for hydroxylation is 1. The lowest BCUT2D eigenvalue weighted by molar-refractivity contribution is 0.221. The van der Waals surface area contributed by atoms with E-state index in [9.17, 15) is 4.79 Å². The number of rotatable bonds is 6. The van der Waals surface area contributed by atoms with Gasteiger partial charge in [-0.2, -0.15) is 0 Å². The Kier molecular flexibility index (Phi) is 6.02. The molecule has 30 heavy (non-hydrogen) atoms. The summed E-state index contributed by atoms with van der Waals surface area (Å²) in [5, 5.41) is 3.00. The Labute approximate surface area is 177 Å². The van der Waals surface area contributed by atoms with Gasteiger partial charge >= 0.3 is 6.03 Å². The first-order valence-electron chi connectivity index (χ1n) is 10.5. The minimum absolute atomic E-state index is 0.0949. The molecular weight excluding hydrogens is 376 g/mol. The number of aromatic nitrogens is 2. The van der Waals surface area contributed by atoms with Crippen LogP contribution in [0, 0.1) is 6.92 Å². The highest BCUT2D eigenvalue weighted by molar-refractivity contribution is 5.91. The van der Waals surface area contributed by atoms with Crippen molar-refractivity contribution in [2.75, 3.05) is 25.0 Å². The molecule has 1 saturated heterocycles. The van der Waals surface area contributed by atoms with Crippen LogP contribution in [-0.4, -0.2) is 40.2 Å². The first-order chi connectivity index (χ1) is 14.7. The van der Waals surface area contributed by atoms with Crippen molar-refractivity contribution in [3.8, 4) is 5.75 Å². The number of amides is 2. The van der Waals surface area contributed by atoms with Crippen molar-refractivity contribution in [2.24, 2.45) is 0 Å². The van der Waals surface area contributed by atoms with Gasteiger partial charge in [-0.05, 0) is 38.0 Å². The minimum Gasteiger partial charge on any atom is -0.492 e. The first kappa shape index (κ1) is 20.0. The molecule has 0 bridgehead atoms. The standard InChI is InChI=1S/C24H28N4O2/c1-3-30-22-12-8-7-11-21(22)26-24(29)27-14-13-20(17-27)23-25-15-18(2)28(23)16-19-9-5-4-6-10-19/h4-12,15,20H,3,13-14,16-17H2,1-2H3,(H,26,29). The van der Waals surface area contributed by atoms with Crippen LogP contribution in [-0.2, 0) is 6.54 Å². The fourth-order valence-electron chi connectivity index (χ4n) is 3.98. The largest absolute Gasteiger partial charge is 0.492 e. The van der Waals surface area contributed by atoms with Crippen molar-refractivity contribution in [2.45, 2.75) is 32.7 Å². The van der Waals surface area contributed by atoms with Crippen LogP contribution in [0.2, 0.25) is 0 Å². The molecule has 1 fully saturated rings. The number of hydrogen-bond donors (Lipinski definition) is 1. The number of nitrogens with one attached hydrogen (secondary N) is 1. The second-order valence-corrected chi connectivity index (χ2v) is 7.62. The number of carbonyl (C=O) groups excluding carboxylic acids is 1. The van der Waals surface area contributed by atoms with Gasteiger partial charge in [-0.25, -0.2) is 9.78 Å². The van der Waals surface area contributed by atoms with Crippen LogP contribution in [0.3, 0.4) is 0 Å². The second-order valence-electron chi connectivity index (χ2n) is 7.62. The number of likely N-dealkylation sites (tertiary alicyclic amines) is 1. The molecule has 1 aliphatic heterocycles. The first-order valence-corrected chi connectivity index (χ1v) is 10.5. The average Bonchev–Trinajstić information content (AvgIpc) is 3.38. The van der Waals surface area contributed by atoms with Gasteiger partial charge in [-0.1, -0.05) is 42.5 Å². The number of benzene rings is 2. The zero-order chi connectivity index (χ0) is 20.9. The third-order valence-corrected chi connectivity index (χ3v) is 5.54. The summed E-state index contributed by atoms with van der Waals surface area (Å²) in [5.74, 6) is 1.98. The van der Waals surface area contributed by atoms with Crippen LogP contribution < -0.4 is 10.1 Å². The number of nitrogens with zero attached hydrogens (tertiary/aromatic N) is 3. The molecule has 1 N–H and O–H groups in total. The molecule has 2 amide bonds. The summed E-state index contributed by atoms with van der Waals surface area (Å²) in [6, 6.07) is 17.9. The lowest BCUT2D eigenvalue weighted by Crippen LogP contribution is -2.33. The van der Waals surface area contributed by atoms with E-state index in [1.54, 1.807) is 0 Å². The smallest absolute Gasteiger partial charge is 0.321 e. The molecule has 0 saturated carbocycles. The average molecular weight is 405 g/mol. The van der Waals surface area contributed by atoms with Crippen molar-refractivity contribution in [1.82, 2.24) is 14.5 Å². The maximum Gasteiger partial charge on any atom is 0.321 e. The third-order valence-electron chi connectivity index (χ3n) is 5.54. The second kappa shape index (κ2) is 9.03. The number of hydrogen-bond acceptors (Lipinski definition) is 3. The van der Waals surface area contributed by atoms with Crippen LogP contribution in [0.15, 0.2) is 60.8 Å². The van der Waals surface area contributed by atoms with E-state index in [2.05, 4.69) is 41.1 Å². The molecule has 6 nitrogen and oxygen atoms in total. The molecule has 4 rings (SSSR count). The predicted octanol–water partition coefficient (Wildman–Crippen LogP) is 4.66. The number of carbonyl (C=O) groups is 1. The Morgan fingerprint density at radius 3 is 2.73 bits per heavy atom. The number of imidazole rings is 1. The number of urea groups is 1. The molecule has 0 aliphatic carbocycles. The fraction of sp³-hybridized carbons (Fsp3) is 0.333. The summed E-state index contributed by atoms with van der Waals surface area (Å²) in [6.45, 7) is 6.75. The van der Waals surface area contributed by atoms with E-state index in [0.29, 0.717) is 31.1 Å². The van der Waals surface area contributed by atoms with Crippen LogP contribution in [0.5, 0.6) is 5.75 Å². The fourth-order valence-corrected chi connectivity index (χ4v) is 3.98. The van der Waals surface area contributed by atoms with E-state index in [1.807, 2.05) is 48.4 Å². The molecule has 1 aliphatic rings. The molecule has 0 spiro atoms. The molecule has 156 valence electrons. The predicted molar refractivity (Wildman–Crippen MR) is 118 cm³/mol. The van der Waals surface area contributed by atoms with E-state index in [0.717, 1.165) is 24.5 Å². The highest BCUT2D eigenvalue weighted by atomic mass is 16.5. The summed E-state index contributed by atoms with van der Waals surface area (Å²) in [4.78, 5) is 19.4. The Bertz CT molecular complexity index is 999. The maximum absolute atomic E-state index is 12.9. The van der Waals surface area contributed by atoms with Gasteiger partial charge in [0.1, 0.15) is 11.6 Å². The molecule has 1 aromatic heterocycles. The van der Waals surface area contributed by atoms with E-state index in [1.165, 1.54) is 5.56 Å². The van der Waals surface area contributed by atoms with Crippen LogP contribution in [0.1, 0.15) is 36.3 Å². The van der Waals surface area contributed by atoms with E-state index in [4.69, 9.17) is 9.72 Å². The number of ether oxygens (including phenoxy) is 1. The van der Waals surface area contributed by atoms with Crippen molar-refractivity contribution in [1.29, 1.82) is 0 Å². The van der Waals surface area contributed by atoms with Gasteiger partial charge in [0, 0.05) is 37.4 Å². The summed E-state index contributed by atoms with van der Waals surface area (Å²) in [5.41, 5.74) is 3.09. The summed E-state index contributed by atoms with van der Waals surface area (Å²) in [6.07, 6.45) is 2.84. The summed E-state index contributed by atoms with van der Waals surface area (Å²) >= 11 is 0. The minimum atomic E-state index is -0.0949. The van der Waals surface area contributed by atoms with Crippen molar-refractivity contribution in [3.63, 3.8) is 0 Å². The zero-order valence-corrected chi connectivity index (χ0v) is 17.5. The molecule has 6 heteroatoms. The quantitative estimate of drug-likeness (QED) is 0.650. The van der Waals surface area contributed by atoms with Crippen molar-refractivity contribution < 1.29 is 9.53 Å². The molecular formula is C24H28N4O2. The lowest BCUT2D eigenvalue weighted by atomic mass is 10.1. The van der Waals surface area contributed by atoms with E-state index < -0.39 is 0 Å². The number of anilines is 1. The third kappa shape index (κ3) is 4.32. The zero-order valence-electron chi connectivity index (χ0n) is 17.5. The van der Waals surface area contributed by atoms with E-state index >= 15 is 0 Å². The Morgan fingerprint density at radius 1 is 1.17 bits per heavy atom. The lowest BCUT2D eigenvalue weighted by Gasteiger charge is -2.19.